The highest BCUT2D eigenvalue weighted by Gasteiger charge is 2.23. The van der Waals surface area contributed by atoms with E-state index in [2.05, 4.69) is 15.5 Å². The molecule has 164 valence electrons. The maximum Gasteiger partial charge on any atom is 0.262 e. The van der Waals surface area contributed by atoms with Crippen LogP contribution in [0.25, 0.3) is 0 Å². The second-order valence-electron chi connectivity index (χ2n) is 6.33. The normalized spacial score (nSPS) is 11.9. The second-order valence-corrected chi connectivity index (χ2v) is 9.11. The third-order valence-electron chi connectivity index (χ3n) is 4.13. The Morgan fingerprint density at radius 1 is 1.23 bits per heavy atom. The Morgan fingerprint density at radius 3 is 2.58 bits per heavy atom. The standard InChI is InChI=1S/C19H17Cl2FN4O3S2/c1-2-9-26(31(28)29)14-8-7-13(21)16(17(14)22)18(27)23-19-25-24-15(30-19)10-11-3-5-12(20)6-4-11/h3-8H,2,9-10H2,1H3,(H,28,29)(H,23,25,27)/p-1. The predicted octanol–water partition coefficient (Wildman–Crippen LogP) is 4.84. The first-order valence-electron chi connectivity index (χ1n) is 9.03. The number of nitrogens with one attached hydrogen (secondary N) is 1. The number of benzene rings is 2. The summed E-state index contributed by atoms with van der Waals surface area (Å²) in [6.45, 7) is 1.80. The fourth-order valence-corrected chi connectivity index (χ4v) is 4.49. The molecule has 0 fully saturated rings. The summed E-state index contributed by atoms with van der Waals surface area (Å²) in [4.78, 5) is 12.7. The lowest BCUT2D eigenvalue weighted by Crippen LogP contribution is -2.28. The zero-order chi connectivity index (χ0) is 22.5. The van der Waals surface area contributed by atoms with Crippen molar-refractivity contribution in [1.82, 2.24) is 10.2 Å². The van der Waals surface area contributed by atoms with Crippen LogP contribution in [0.2, 0.25) is 10.0 Å². The molecule has 3 aromatic rings. The van der Waals surface area contributed by atoms with Crippen LogP contribution in [0, 0.1) is 5.82 Å². The highest BCUT2D eigenvalue weighted by molar-refractivity contribution is 7.80. The van der Waals surface area contributed by atoms with E-state index >= 15 is 4.39 Å². The molecular weight excluding hydrogens is 486 g/mol. The predicted molar refractivity (Wildman–Crippen MR) is 120 cm³/mol. The van der Waals surface area contributed by atoms with Crippen LogP contribution in [0.15, 0.2) is 36.4 Å². The van der Waals surface area contributed by atoms with Gasteiger partial charge in [-0.25, -0.2) is 4.39 Å². The Kier molecular flexibility index (Phi) is 7.95. The van der Waals surface area contributed by atoms with Crippen LogP contribution in [0.5, 0.6) is 0 Å². The fourth-order valence-electron chi connectivity index (χ4n) is 2.73. The van der Waals surface area contributed by atoms with Gasteiger partial charge in [-0.3, -0.25) is 18.6 Å². The lowest BCUT2D eigenvalue weighted by atomic mass is 10.1. The van der Waals surface area contributed by atoms with Gasteiger partial charge in [-0.05, 0) is 36.2 Å². The molecule has 3 rings (SSSR count). The smallest absolute Gasteiger partial charge is 0.262 e. The van der Waals surface area contributed by atoms with Crippen molar-refractivity contribution >= 4 is 62.5 Å². The number of hydrogen-bond donors (Lipinski definition) is 1. The Balaban J connectivity index is 1.80. The molecule has 0 radical (unpaired) electrons. The quantitative estimate of drug-likeness (QED) is 0.445. The van der Waals surface area contributed by atoms with E-state index in [0.29, 0.717) is 22.9 Å². The molecule has 1 unspecified atom stereocenters. The largest absolute Gasteiger partial charge is 0.755 e. The maximum absolute atomic E-state index is 15.0. The maximum atomic E-state index is 15.0. The van der Waals surface area contributed by atoms with Gasteiger partial charge in [0.25, 0.3) is 5.91 Å². The number of aromatic nitrogens is 2. The highest BCUT2D eigenvalue weighted by Crippen LogP contribution is 2.30. The second kappa shape index (κ2) is 10.5. The number of rotatable bonds is 8. The van der Waals surface area contributed by atoms with Gasteiger partial charge in [0.2, 0.25) is 5.13 Å². The molecule has 2 aromatic carbocycles. The van der Waals surface area contributed by atoms with Crippen LogP contribution >= 0.6 is 34.5 Å². The van der Waals surface area contributed by atoms with Crippen molar-refractivity contribution < 1.29 is 17.9 Å². The van der Waals surface area contributed by atoms with Gasteiger partial charge in [0.15, 0.2) is 5.82 Å². The van der Waals surface area contributed by atoms with E-state index in [1.165, 1.54) is 12.1 Å². The molecule has 0 aliphatic carbocycles. The van der Waals surface area contributed by atoms with Crippen molar-refractivity contribution in [2.75, 3.05) is 16.2 Å². The van der Waals surface area contributed by atoms with E-state index in [1.807, 2.05) is 12.1 Å². The van der Waals surface area contributed by atoms with Crippen LogP contribution in [0.1, 0.15) is 34.3 Å². The number of carbonyl (C=O) groups is 1. The molecule has 1 N–H and O–H groups in total. The van der Waals surface area contributed by atoms with Crippen LogP contribution < -0.4 is 9.62 Å². The SMILES string of the molecule is CCCN(c1ccc(Cl)c(C(=O)Nc2nnc(Cc3ccc(Cl)cc3)s2)c1F)S(=O)[O-]. The fraction of sp³-hybridized carbons (Fsp3) is 0.211. The van der Waals surface area contributed by atoms with E-state index in [-0.39, 0.29) is 22.4 Å². The Hall–Kier alpha value is -2.11. The Morgan fingerprint density at radius 2 is 1.94 bits per heavy atom. The monoisotopic (exact) mass is 501 g/mol. The summed E-state index contributed by atoms with van der Waals surface area (Å²) >= 11 is 10.3. The van der Waals surface area contributed by atoms with Crippen LogP contribution in [-0.4, -0.2) is 31.4 Å². The van der Waals surface area contributed by atoms with Crippen molar-refractivity contribution in [2.45, 2.75) is 19.8 Å². The van der Waals surface area contributed by atoms with Crippen LogP contribution in [-0.2, 0) is 17.7 Å². The van der Waals surface area contributed by atoms with E-state index in [1.54, 1.807) is 19.1 Å². The summed E-state index contributed by atoms with van der Waals surface area (Å²) in [5.74, 6) is -1.89. The summed E-state index contributed by atoms with van der Waals surface area (Å²) in [5, 5.41) is 11.7. The Labute approximate surface area is 194 Å². The van der Waals surface area contributed by atoms with Gasteiger partial charge in [-0.1, -0.05) is 53.6 Å². The molecule has 0 aliphatic heterocycles. The van der Waals surface area contributed by atoms with Gasteiger partial charge in [0.05, 0.1) is 16.3 Å². The van der Waals surface area contributed by atoms with Crippen molar-refractivity contribution in [2.24, 2.45) is 0 Å². The summed E-state index contributed by atoms with van der Waals surface area (Å²) in [7, 11) is 0. The molecule has 31 heavy (non-hydrogen) atoms. The van der Waals surface area contributed by atoms with E-state index in [0.717, 1.165) is 21.2 Å². The number of nitrogens with zero attached hydrogens (tertiary/aromatic N) is 3. The van der Waals surface area contributed by atoms with Gasteiger partial charge < -0.3 is 4.55 Å². The van der Waals surface area contributed by atoms with Gasteiger partial charge in [-0.2, -0.15) is 0 Å². The molecule has 0 bridgehead atoms. The summed E-state index contributed by atoms with van der Waals surface area (Å²) in [6.07, 6.45) is 0.940. The first-order valence-corrected chi connectivity index (χ1v) is 11.6. The number of amides is 1. The zero-order valence-electron chi connectivity index (χ0n) is 16.1. The molecule has 12 heteroatoms. The third-order valence-corrected chi connectivity index (χ3v) is 6.27. The highest BCUT2D eigenvalue weighted by atomic mass is 35.5. The first kappa shape index (κ1) is 23.6. The van der Waals surface area contributed by atoms with Gasteiger partial charge in [-0.15, -0.1) is 10.2 Å². The lowest BCUT2D eigenvalue weighted by Gasteiger charge is -2.27. The minimum Gasteiger partial charge on any atom is -0.755 e. The third kappa shape index (κ3) is 5.78. The van der Waals surface area contributed by atoms with E-state index in [9.17, 15) is 13.6 Å². The minimum atomic E-state index is -2.71. The first-order chi connectivity index (χ1) is 14.8. The summed E-state index contributed by atoms with van der Waals surface area (Å²) in [6, 6.07) is 9.71. The number of hydrogen-bond acceptors (Lipinski definition) is 6. The molecule has 1 heterocycles. The molecule has 0 saturated heterocycles. The van der Waals surface area contributed by atoms with Crippen molar-refractivity contribution in [1.29, 1.82) is 0 Å². The molecule has 0 aliphatic rings. The van der Waals surface area contributed by atoms with Gasteiger partial charge in [0.1, 0.15) is 5.01 Å². The summed E-state index contributed by atoms with van der Waals surface area (Å²) in [5.41, 5.74) is 0.229. The van der Waals surface area contributed by atoms with Gasteiger partial charge in [0, 0.05) is 29.3 Å². The molecule has 0 saturated carbocycles. The molecule has 0 spiro atoms. The van der Waals surface area contributed by atoms with Crippen molar-refractivity contribution in [3.05, 3.63) is 68.4 Å². The molecule has 1 amide bonds. The number of halogens is 3. The topological polar surface area (TPSA) is 98.2 Å². The van der Waals surface area contributed by atoms with Crippen LogP contribution in [0.4, 0.5) is 15.2 Å². The molecule has 1 atom stereocenters. The lowest BCUT2D eigenvalue weighted by molar-refractivity contribution is 0.102. The Bertz CT molecular complexity index is 1110. The van der Waals surface area contributed by atoms with Crippen molar-refractivity contribution in [3.63, 3.8) is 0 Å². The van der Waals surface area contributed by atoms with E-state index < -0.39 is 28.6 Å². The number of carbonyl (C=O) groups excluding carboxylic acids is 1. The molecular formula is C19H16Cl2FN4O3S2-. The van der Waals surface area contributed by atoms with Crippen molar-refractivity contribution in [3.8, 4) is 0 Å². The molecule has 1 aromatic heterocycles. The zero-order valence-corrected chi connectivity index (χ0v) is 19.2. The average Bonchev–Trinajstić information content (AvgIpc) is 3.15. The number of anilines is 2. The van der Waals surface area contributed by atoms with E-state index in [4.69, 9.17) is 23.2 Å². The summed E-state index contributed by atoms with van der Waals surface area (Å²) < 4.78 is 38.8. The minimum absolute atomic E-state index is 0.0557. The molecule has 7 nitrogen and oxygen atoms in total. The average molecular weight is 502 g/mol. The van der Waals surface area contributed by atoms with Gasteiger partial charge >= 0.3 is 0 Å². The van der Waals surface area contributed by atoms with Crippen LogP contribution in [0.3, 0.4) is 0 Å².